The third-order valence-corrected chi connectivity index (χ3v) is 0.866. The smallest absolute Gasteiger partial charge is 0.0471 e. The first-order valence-corrected chi connectivity index (χ1v) is 6.17. The highest BCUT2D eigenvalue weighted by atomic mass is 13.9. The molecule has 0 aliphatic rings. The van der Waals surface area contributed by atoms with Crippen molar-refractivity contribution < 1.29 is 0 Å². The van der Waals surface area contributed by atoms with Crippen molar-refractivity contribution in [2.24, 2.45) is 5.92 Å². The van der Waals surface area contributed by atoms with Gasteiger partial charge in [-0.2, -0.15) is 0 Å². The summed E-state index contributed by atoms with van der Waals surface area (Å²) in [5, 5.41) is 0. The fraction of sp³-hybridized carbons (Fsp3) is 0.857. The van der Waals surface area contributed by atoms with Gasteiger partial charge < -0.3 is 0 Å². The van der Waals surface area contributed by atoms with Gasteiger partial charge in [-0.1, -0.05) is 73.8 Å². The highest BCUT2D eigenvalue weighted by Gasteiger charge is 1.85. The Morgan fingerprint density at radius 2 is 1.29 bits per heavy atom. The number of hydrogen-bond acceptors (Lipinski definition) is 0. The highest BCUT2D eigenvalue weighted by molar-refractivity contribution is 4.51. The van der Waals surface area contributed by atoms with E-state index in [0.29, 0.717) is 0 Å². The largest absolute Gasteiger partial charge is 0.103 e. The summed E-state index contributed by atoms with van der Waals surface area (Å²) in [6.45, 7) is 20.2. The summed E-state index contributed by atoms with van der Waals surface area (Å²) in [6.07, 6.45) is 5.71. The Kier molecular flexibility index (Phi) is 64.9. The van der Waals surface area contributed by atoms with Crippen LogP contribution in [-0.2, 0) is 0 Å². The molecule has 0 unspecified atom stereocenters. The van der Waals surface area contributed by atoms with Crippen LogP contribution in [0, 0.1) is 5.92 Å². The monoisotopic (exact) mass is 202 g/mol. The van der Waals surface area contributed by atoms with Crippen molar-refractivity contribution in [3.8, 4) is 0 Å². The van der Waals surface area contributed by atoms with Crippen molar-refractivity contribution in [3.05, 3.63) is 12.7 Å². The van der Waals surface area contributed by atoms with E-state index >= 15 is 0 Å². The topological polar surface area (TPSA) is 0 Å². The maximum absolute atomic E-state index is 3.36. The van der Waals surface area contributed by atoms with Gasteiger partial charge in [0.1, 0.15) is 0 Å². The van der Waals surface area contributed by atoms with Crippen LogP contribution in [0.4, 0.5) is 0 Å². The second-order valence-corrected chi connectivity index (χ2v) is 3.30. The van der Waals surface area contributed by atoms with E-state index in [2.05, 4.69) is 41.2 Å². The fourth-order valence-corrected chi connectivity index (χ4v) is 0.577. The molecule has 0 aromatic carbocycles. The maximum Gasteiger partial charge on any atom is -0.0471 e. The molecule has 0 aliphatic carbocycles. The van der Waals surface area contributed by atoms with Crippen LogP contribution in [0.2, 0.25) is 0 Å². The van der Waals surface area contributed by atoms with Gasteiger partial charge in [0.25, 0.3) is 0 Å². The van der Waals surface area contributed by atoms with E-state index in [1.165, 1.54) is 19.3 Å². The highest BCUT2D eigenvalue weighted by Crippen LogP contribution is 2.00. The quantitative estimate of drug-likeness (QED) is 0.476. The van der Waals surface area contributed by atoms with Gasteiger partial charge in [-0.15, -0.1) is 6.58 Å². The van der Waals surface area contributed by atoms with E-state index in [9.17, 15) is 0 Å². The number of hydrogen-bond donors (Lipinski definition) is 0. The molecule has 0 heterocycles. The normalized spacial score (nSPS) is 6.93. The molecular formula is C14H34. The molecule has 90 valence electrons. The van der Waals surface area contributed by atoms with Crippen LogP contribution in [0.1, 0.15) is 74.7 Å². The van der Waals surface area contributed by atoms with E-state index < -0.39 is 0 Å². The lowest BCUT2D eigenvalue weighted by molar-refractivity contribution is 0.576. The molecule has 0 radical (unpaired) electrons. The van der Waals surface area contributed by atoms with Crippen molar-refractivity contribution in [2.45, 2.75) is 74.7 Å². The predicted molar refractivity (Wildman–Crippen MR) is 72.9 cm³/mol. The van der Waals surface area contributed by atoms with Crippen molar-refractivity contribution in [1.82, 2.24) is 0 Å². The van der Waals surface area contributed by atoms with Crippen LogP contribution in [0.3, 0.4) is 0 Å². The van der Waals surface area contributed by atoms with Gasteiger partial charge in [0.15, 0.2) is 0 Å². The number of allylic oxidation sites excluding steroid dienone is 1. The second kappa shape index (κ2) is 38.7. The summed E-state index contributed by atoms with van der Waals surface area (Å²) in [6, 6.07) is 0. The Morgan fingerprint density at radius 1 is 1.07 bits per heavy atom. The van der Waals surface area contributed by atoms with Crippen LogP contribution >= 0.6 is 0 Å². The molecule has 0 fully saturated rings. The minimum absolute atomic E-state index is 0.898. The molecule has 0 heteroatoms. The van der Waals surface area contributed by atoms with E-state index in [1.807, 2.05) is 20.8 Å². The third-order valence-electron chi connectivity index (χ3n) is 0.866. The molecular weight excluding hydrogens is 168 g/mol. The van der Waals surface area contributed by atoms with Crippen molar-refractivity contribution >= 4 is 0 Å². The predicted octanol–water partition coefficient (Wildman–Crippen LogP) is 6.08. The Morgan fingerprint density at radius 3 is 1.29 bits per heavy atom. The zero-order chi connectivity index (χ0) is 12.4. The molecule has 0 rings (SSSR count). The molecule has 0 nitrogen and oxygen atoms in total. The Bertz CT molecular complexity index is 53.1. The van der Waals surface area contributed by atoms with E-state index in [4.69, 9.17) is 0 Å². The SMILES string of the molecule is C=CC.CC.CCC.CCCC(C)C. The molecule has 0 bridgehead atoms. The van der Waals surface area contributed by atoms with Crippen LogP contribution in [0.25, 0.3) is 0 Å². The van der Waals surface area contributed by atoms with Gasteiger partial charge in [0, 0.05) is 0 Å². The molecule has 0 aromatic rings. The standard InChI is InChI=1S/C6H14.C3H8.C3H6.C2H6/c1-4-5-6(2)3;2*1-3-2;1-2/h6H,4-5H2,1-3H3;3H2,1-2H3;3H,1H2,2H3;1-2H3. The van der Waals surface area contributed by atoms with Gasteiger partial charge in [0.05, 0.1) is 0 Å². The van der Waals surface area contributed by atoms with Gasteiger partial charge in [-0.3, -0.25) is 0 Å². The lowest BCUT2D eigenvalue weighted by atomic mass is 10.1. The molecule has 0 saturated carbocycles. The summed E-state index contributed by atoms with van der Waals surface area (Å²) in [4.78, 5) is 0. The van der Waals surface area contributed by atoms with Gasteiger partial charge in [0.2, 0.25) is 0 Å². The minimum atomic E-state index is 0.898. The molecule has 0 aromatic heterocycles. The molecule has 0 aliphatic heterocycles. The zero-order valence-electron chi connectivity index (χ0n) is 12.0. The summed E-state index contributed by atoms with van der Waals surface area (Å²) in [7, 11) is 0. The van der Waals surface area contributed by atoms with Crippen LogP contribution in [-0.4, -0.2) is 0 Å². The van der Waals surface area contributed by atoms with Crippen LogP contribution < -0.4 is 0 Å². The molecule has 0 spiro atoms. The van der Waals surface area contributed by atoms with Gasteiger partial charge >= 0.3 is 0 Å². The van der Waals surface area contributed by atoms with Crippen molar-refractivity contribution in [1.29, 1.82) is 0 Å². The summed E-state index contributed by atoms with van der Waals surface area (Å²) >= 11 is 0. The summed E-state index contributed by atoms with van der Waals surface area (Å²) in [5.41, 5.74) is 0. The van der Waals surface area contributed by atoms with E-state index in [1.54, 1.807) is 6.08 Å². The summed E-state index contributed by atoms with van der Waals surface area (Å²) < 4.78 is 0. The molecule has 0 amide bonds. The minimum Gasteiger partial charge on any atom is -0.103 e. The molecule has 14 heavy (non-hydrogen) atoms. The second-order valence-electron chi connectivity index (χ2n) is 3.30. The Balaban J connectivity index is -0.0000000536. The van der Waals surface area contributed by atoms with E-state index in [-0.39, 0.29) is 0 Å². The van der Waals surface area contributed by atoms with Crippen molar-refractivity contribution in [3.63, 3.8) is 0 Å². The molecule has 0 N–H and O–H groups in total. The fourth-order valence-electron chi connectivity index (χ4n) is 0.577. The van der Waals surface area contributed by atoms with Crippen molar-refractivity contribution in [2.75, 3.05) is 0 Å². The van der Waals surface area contributed by atoms with Gasteiger partial charge in [-0.05, 0) is 12.8 Å². The van der Waals surface area contributed by atoms with Gasteiger partial charge in [-0.25, -0.2) is 0 Å². The molecule has 0 saturated heterocycles. The summed E-state index contributed by atoms with van der Waals surface area (Å²) in [5.74, 6) is 0.898. The Hall–Kier alpha value is -0.260. The van der Waals surface area contributed by atoms with Crippen LogP contribution in [0.15, 0.2) is 12.7 Å². The van der Waals surface area contributed by atoms with E-state index in [0.717, 1.165) is 5.92 Å². The number of rotatable bonds is 2. The third kappa shape index (κ3) is 180. The van der Waals surface area contributed by atoms with Crippen LogP contribution in [0.5, 0.6) is 0 Å². The Labute approximate surface area is 93.8 Å². The zero-order valence-corrected chi connectivity index (χ0v) is 12.0. The first-order chi connectivity index (χ1) is 6.60. The maximum atomic E-state index is 3.36. The average molecular weight is 202 g/mol. The first kappa shape index (κ1) is 23.5. The molecule has 0 atom stereocenters. The first-order valence-electron chi connectivity index (χ1n) is 6.17. The lowest BCUT2D eigenvalue weighted by Gasteiger charge is -1.95. The lowest BCUT2D eigenvalue weighted by Crippen LogP contribution is -1.81. The average Bonchev–Trinajstić information content (AvgIpc) is 2.10.